The molecule has 0 saturated carbocycles. The van der Waals surface area contributed by atoms with E-state index in [9.17, 15) is 80.0 Å². The SMILES string of the molecule is CC(=O)N[C@@H]1[C@@H](OC(=O)c2ccccc2)[C@H](OC(=O)c2ccccc2)[C@@H](CO[C@@H]2O[C@H](CO[C@@H]3O[C@H](COC(=O)c4ccccc4)[C@@H](OC(=O)c4ccccc4)[C@H](OC(=O)c4ccccc4)[C@H]3NC(=O)C(F)(F)F)[C@@H](O)[C@H](O)[C@H]2NC(=O)C(F)(F)F)O[C@H]1O. The van der Waals surface area contributed by atoms with Crippen LogP contribution in [0.3, 0.4) is 0 Å². The van der Waals surface area contributed by atoms with Gasteiger partial charge < -0.3 is 78.6 Å². The van der Waals surface area contributed by atoms with Gasteiger partial charge in [0, 0.05) is 6.92 Å². The molecular weight excluding hydrogens is 1200 g/mol. The number of rotatable bonds is 20. The summed E-state index contributed by atoms with van der Waals surface area (Å²) in [5, 5.41) is 40.0. The number of nitrogens with one attached hydrogen (secondary N) is 3. The van der Waals surface area contributed by atoms with Crippen LogP contribution in [0.15, 0.2) is 152 Å². The van der Waals surface area contributed by atoms with Crippen LogP contribution in [0.4, 0.5) is 26.3 Å². The molecule has 0 aliphatic carbocycles. The Labute approximate surface area is 500 Å². The Morgan fingerprint density at radius 2 is 0.730 bits per heavy atom. The van der Waals surface area contributed by atoms with E-state index in [2.05, 4.69) is 5.32 Å². The largest absolute Gasteiger partial charge is 0.471 e. The van der Waals surface area contributed by atoms with Gasteiger partial charge in [-0.25, -0.2) is 24.0 Å². The lowest BCUT2D eigenvalue weighted by Crippen LogP contribution is -2.69. The van der Waals surface area contributed by atoms with Gasteiger partial charge >= 0.3 is 54.0 Å². The smallest absolute Gasteiger partial charge is 0.459 e. The summed E-state index contributed by atoms with van der Waals surface area (Å²) in [5.74, 6) is -12.1. The van der Waals surface area contributed by atoms with E-state index in [-0.39, 0.29) is 27.8 Å². The van der Waals surface area contributed by atoms with Gasteiger partial charge in [-0.15, -0.1) is 0 Å². The van der Waals surface area contributed by atoms with Crippen LogP contribution in [-0.4, -0.2) is 187 Å². The Kier molecular flexibility index (Phi) is 21.8. The van der Waals surface area contributed by atoms with Gasteiger partial charge in [-0.05, 0) is 60.7 Å². The van der Waals surface area contributed by atoms with Gasteiger partial charge in [-0.3, -0.25) is 14.4 Å². The number of alkyl halides is 6. The highest BCUT2D eigenvalue weighted by molar-refractivity contribution is 5.92. The quantitative estimate of drug-likeness (QED) is 0.0370. The predicted octanol–water partition coefficient (Wildman–Crippen LogP) is 3.27. The van der Waals surface area contributed by atoms with Crippen molar-refractivity contribution in [3.63, 3.8) is 0 Å². The van der Waals surface area contributed by atoms with Crippen molar-refractivity contribution in [2.24, 2.45) is 0 Å². The van der Waals surface area contributed by atoms with Crippen molar-refractivity contribution in [1.82, 2.24) is 16.0 Å². The van der Waals surface area contributed by atoms with Crippen LogP contribution in [0.25, 0.3) is 0 Å². The van der Waals surface area contributed by atoms with Crippen molar-refractivity contribution in [1.29, 1.82) is 0 Å². The highest BCUT2D eigenvalue weighted by Crippen LogP contribution is 2.34. The first-order valence-electron chi connectivity index (χ1n) is 26.9. The summed E-state index contributed by atoms with van der Waals surface area (Å²) in [6.45, 7) is -2.40. The first kappa shape index (κ1) is 66.1. The van der Waals surface area contributed by atoms with E-state index in [1.165, 1.54) is 139 Å². The van der Waals surface area contributed by atoms with E-state index in [4.69, 9.17) is 47.4 Å². The summed E-state index contributed by atoms with van der Waals surface area (Å²) >= 11 is 0. The van der Waals surface area contributed by atoms with Crippen LogP contribution in [0.5, 0.6) is 0 Å². The van der Waals surface area contributed by atoms with Crippen LogP contribution in [0, 0.1) is 0 Å². The zero-order valence-corrected chi connectivity index (χ0v) is 46.2. The Morgan fingerprint density at radius 3 is 1.12 bits per heavy atom. The summed E-state index contributed by atoms with van der Waals surface area (Å²) in [6.07, 6.45) is -37.9. The molecular formula is C59H55F6N3O21. The summed E-state index contributed by atoms with van der Waals surface area (Å²) in [6, 6.07) is 28.3. The molecule has 3 aliphatic rings. The van der Waals surface area contributed by atoms with Crippen LogP contribution in [0.1, 0.15) is 58.7 Å². The number of halogens is 6. The Bertz CT molecular complexity index is 3250. The fraction of sp³-hybridized carbons (Fsp3) is 0.356. The Balaban J connectivity index is 1.14. The van der Waals surface area contributed by atoms with E-state index in [0.29, 0.717) is 0 Å². The molecule has 3 heterocycles. The van der Waals surface area contributed by atoms with Crippen LogP contribution in [-0.2, 0) is 61.8 Å². The third-order valence-corrected chi connectivity index (χ3v) is 13.7. The Morgan fingerprint density at radius 1 is 0.404 bits per heavy atom. The van der Waals surface area contributed by atoms with E-state index in [0.717, 1.165) is 6.92 Å². The van der Waals surface area contributed by atoms with Crippen LogP contribution < -0.4 is 16.0 Å². The molecule has 0 radical (unpaired) electrons. The summed E-state index contributed by atoms with van der Waals surface area (Å²) in [7, 11) is 0. The van der Waals surface area contributed by atoms with E-state index >= 15 is 0 Å². The number of benzene rings is 5. The molecule has 0 unspecified atom stereocenters. The van der Waals surface area contributed by atoms with Gasteiger partial charge in [-0.1, -0.05) is 91.0 Å². The molecule has 3 amide bonds. The third kappa shape index (κ3) is 17.1. The number of aliphatic hydroxyl groups is 3. The molecule has 0 aromatic heterocycles. The molecule has 0 spiro atoms. The van der Waals surface area contributed by atoms with Crippen molar-refractivity contribution in [2.75, 3.05) is 19.8 Å². The van der Waals surface area contributed by atoms with E-state index in [1.807, 2.05) is 0 Å². The second kappa shape index (κ2) is 29.4. The third-order valence-electron chi connectivity index (χ3n) is 13.7. The first-order chi connectivity index (χ1) is 42.4. The van der Waals surface area contributed by atoms with E-state index in [1.54, 1.807) is 23.5 Å². The van der Waals surface area contributed by atoms with Gasteiger partial charge in [0.1, 0.15) is 55.3 Å². The molecule has 89 heavy (non-hydrogen) atoms. The molecule has 3 saturated heterocycles. The first-order valence-corrected chi connectivity index (χ1v) is 26.9. The molecule has 5 aromatic rings. The van der Waals surface area contributed by atoms with Crippen LogP contribution >= 0.6 is 0 Å². The van der Waals surface area contributed by atoms with Gasteiger partial charge in [0.2, 0.25) is 5.91 Å². The highest BCUT2D eigenvalue weighted by Gasteiger charge is 2.57. The minimum atomic E-state index is -5.73. The lowest BCUT2D eigenvalue weighted by molar-refractivity contribution is -0.313. The average molecular weight is 1260 g/mol. The number of carbonyl (C=O) groups is 8. The van der Waals surface area contributed by atoms with Gasteiger partial charge in [0.15, 0.2) is 43.3 Å². The van der Waals surface area contributed by atoms with Crippen molar-refractivity contribution in [3.8, 4) is 0 Å². The normalized spacial score (nSPS) is 26.9. The molecule has 6 N–H and O–H groups in total. The van der Waals surface area contributed by atoms with Gasteiger partial charge in [-0.2, -0.15) is 26.3 Å². The van der Waals surface area contributed by atoms with Crippen molar-refractivity contribution in [2.45, 2.75) is 111 Å². The average Bonchev–Trinajstić information content (AvgIpc) is 2.06. The number of hydrogen-bond acceptors (Lipinski definition) is 21. The number of esters is 5. The minimum absolute atomic E-state index is 0.0461. The number of hydrogen-bond donors (Lipinski definition) is 6. The summed E-state index contributed by atoms with van der Waals surface area (Å²) < 4.78 is 143. The molecule has 0 bridgehead atoms. The highest BCUT2D eigenvalue weighted by atomic mass is 19.4. The number of ether oxygens (including phenoxy) is 10. The minimum Gasteiger partial charge on any atom is -0.459 e. The summed E-state index contributed by atoms with van der Waals surface area (Å²) in [4.78, 5) is 107. The predicted molar refractivity (Wildman–Crippen MR) is 285 cm³/mol. The molecule has 5 aromatic carbocycles. The lowest BCUT2D eigenvalue weighted by atomic mass is 9.95. The summed E-state index contributed by atoms with van der Waals surface area (Å²) in [5.41, 5.74) is -0.655. The fourth-order valence-corrected chi connectivity index (χ4v) is 9.43. The number of amides is 3. The lowest BCUT2D eigenvalue weighted by Gasteiger charge is -2.47. The molecule has 474 valence electrons. The van der Waals surface area contributed by atoms with Crippen molar-refractivity contribution < 1.29 is 127 Å². The molecule has 8 rings (SSSR count). The van der Waals surface area contributed by atoms with Crippen LogP contribution in [0.2, 0.25) is 0 Å². The topological polar surface area (TPSA) is 326 Å². The maximum atomic E-state index is 14.4. The maximum Gasteiger partial charge on any atom is 0.471 e. The van der Waals surface area contributed by atoms with Gasteiger partial charge in [0.05, 0.1) is 41.0 Å². The molecule has 3 aliphatic heterocycles. The Hall–Kier alpha value is -8.88. The second-order valence-electron chi connectivity index (χ2n) is 19.9. The van der Waals surface area contributed by atoms with E-state index < -0.39 is 172 Å². The zero-order chi connectivity index (χ0) is 64.2. The monoisotopic (exact) mass is 1260 g/mol. The number of aliphatic hydroxyl groups excluding tert-OH is 3. The molecule has 30 heteroatoms. The molecule has 3 fully saturated rings. The maximum absolute atomic E-state index is 14.4. The standard InChI is InChI=1S/C59H55F6N3O21/c1-30(69)66-40-46(88-51(75)34-23-13-5-14-24-34)44(86-49(73)32-19-9-3-10-20-32)37(83-53(40)77)29-82-54-39(67-56(78)58(60,61)62)43(71)42(70)36(84-54)27-81-55-41(68-57(79)59(63,64)65)47(89-52(76)35-25-15-6-16-26-35)45(87-50(74)33-21-11-4-12-22-33)38(85-55)28-80-48(72)31-17-7-2-8-18-31/h2-26,36-47,53-55,70-71,77H,27-29H2,1H3,(H,66,69)(H,67,78)(H,68,79)/t36-,37-,38-,39-,40-,41-,42-,43-,44-,45-,46-,47-,53-,54-,55-/m1/s1. The second-order valence-corrected chi connectivity index (χ2v) is 19.9. The molecule has 24 nitrogen and oxygen atoms in total. The number of carbonyl (C=O) groups excluding carboxylic acids is 8. The molecule has 15 atom stereocenters. The van der Waals surface area contributed by atoms with Crippen molar-refractivity contribution in [3.05, 3.63) is 179 Å². The zero-order valence-electron chi connectivity index (χ0n) is 46.2. The van der Waals surface area contributed by atoms with Crippen molar-refractivity contribution >= 4 is 47.6 Å². The van der Waals surface area contributed by atoms with Gasteiger partial charge in [0.25, 0.3) is 0 Å². The fourth-order valence-electron chi connectivity index (χ4n) is 9.43.